The lowest BCUT2D eigenvalue weighted by Crippen LogP contribution is -2.31. The lowest BCUT2D eigenvalue weighted by molar-refractivity contribution is -0.119. The summed E-state index contributed by atoms with van der Waals surface area (Å²) in [6.07, 6.45) is 0.834. The zero-order valence-electron chi connectivity index (χ0n) is 10.5. The van der Waals surface area contributed by atoms with Crippen LogP contribution in [-0.2, 0) is 9.53 Å². The molecule has 0 heterocycles. The molecule has 1 rings (SSSR count). The fraction of sp³-hybridized carbons (Fsp3) is 0.462. The minimum absolute atomic E-state index is 0.0264. The van der Waals surface area contributed by atoms with Gasteiger partial charge in [0.25, 0.3) is 0 Å². The topological polar surface area (TPSA) is 50.4 Å². The van der Waals surface area contributed by atoms with Gasteiger partial charge in [0.2, 0.25) is 5.91 Å². The predicted molar refractivity (Wildman–Crippen MR) is 74.1 cm³/mol. The van der Waals surface area contributed by atoms with Crippen LogP contribution in [0.1, 0.15) is 13.3 Å². The van der Waals surface area contributed by atoms with E-state index in [1.165, 1.54) is 0 Å². The third kappa shape index (κ3) is 6.47. The van der Waals surface area contributed by atoms with Crippen LogP contribution in [-0.4, -0.2) is 32.2 Å². The van der Waals surface area contributed by atoms with E-state index in [1.807, 2.05) is 19.1 Å². The number of benzene rings is 1. The number of carbonyl (C=O) groups excluding carboxylic acids is 1. The van der Waals surface area contributed by atoms with E-state index in [2.05, 4.69) is 10.6 Å². The van der Waals surface area contributed by atoms with Gasteiger partial charge >= 0.3 is 0 Å². The van der Waals surface area contributed by atoms with Crippen molar-refractivity contribution in [1.29, 1.82) is 0 Å². The molecule has 0 fully saturated rings. The summed E-state index contributed by atoms with van der Waals surface area (Å²) in [4.78, 5) is 11.5. The highest BCUT2D eigenvalue weighted by molar-refractivity contribution is 6.30. The molecule has 0 spiro atoms. The Morgan fingerprint density at radius 3 is 2.72 bits per heavy atom. The molecule has 0 bridgehead atoms. The first-order valence-electron chi connectivity index (χ1n) is 6.06. The maximum absolute atomic E-state index is 11.5. The number of nitrogens with one attached hydrogen (secondary N) is 2. The second kappa shape index (κ2) is 8.78. The molecule has 0 unspecified atom stereocenters. The van der Waals surface area contributed by atoms with Crippen LogP contribution >= 0.6 is 11.6 Å². The van der Waals surface area contributed by atoms with Crippen molar-refractivity contribution in [3.05, 3.63) is 29.3 Å². The van der Waals surface area contributed by atoms with Gasteiger partial charge in [-0.05, 0) is 37.6 Å². The summed E-state index contributed by atoms with van der Waals surface area (Å²) < 4.78 is 5.18. The predicted octanol–water partition coefficient (Wildman–Crippen LogP) is 2.29. The Morgan fingerprint density at radius 2 is 2.06 bits per heavy atom. The number of hydrogen-bond acceptors (Lipinski definition) is 3. The van der Waals surface area contributed by atoms with Gasteiger partial charge in [-0.25, -0.2) is 0 Å². The summed E-state index contributed by atoms with van der Waals surface area (Å²) in [7, 11) is 0. The second-order valence-electron chi connectivity index (χ2n) is 3.76. The Kier molecular flexibility index (Phi) is 7.22. The number of carbonyl (C=O) groups is 1. The van der Waals surface area contributed by atoms with Crippen LogP contribution in [0.2, 0.25) is 5.02 Å². The molecule has 5 heteroatoms. The molecule has 0 aromatic heterocycles. The molecule has 0 atom stereocenters. The van der Waals surface area contributed by atoms with Gasteiger partial charge in [-0.1, -0.05) is 11.6 Å². The van der Waals surface area contributed by atoms with Crippen LogP contribution in [0.3, 0.4) is 0 Å². The number of halogens is 1. The number of ether oxygens (including phenoxy) is 1. The fourth-order valence-corrected chi connectivity index (χ4v) is 1.48. The summed E-state index contributed by atoms with van der Waals surface area (Å²) in [5.74, 6) is -0.0264. The fourth-order valence-electron chi connectivity index (χ4n) is 1.36. The molecule has 1 aromatic rings. The monoisotopic (exact) mass is 270 g/mol. The average Bonchev–Trinajstić information content (AvgIpc) is 2.38. The second-order valence-corrected chi connectivity index (χ2v) is 4.20. The first-order chi connectivity index (χ1) is 8.72. The standard InChI is InChI=1S/C13H19ClN2O2/c1-2-18-9-3-8-15-13(17)10-16-12-6-4-11(14)5-7-12/h4-7,16H,2-3,8-10H2,1H3,(H,15,17). The van der Waals surface area contributed by atoms with Crippen LogP contribution in [0, 0.1) is 0 Å². The highest BCUT2D eigenvalue weighted by Gasteiger charge is 2.00. The molecule has 100 valence electrons. The van der Waals surface area contributed by atoms with Gasteiger partial charge in [-0.3, -0.25) is 4.79 Å². The van der Waals surface area contributed by atoms with Crippen LogP contribution < -0.4 is 10.6 Å². The van der Waals surface area contributed by atoms with E-state index in [1.54, 1.807) is 12.1 Å². The van der Waals surface area contributed by atoms with Crippen molar-refractivity contribution in [3.63, 3.8) is 0 Å². The first-order valence-corrected chi connectivity index (χ1v) is 6.44. The molecule has 1 amide bonds. The Hall–Kier alpha value is -1.26. The number of rotatable bonds is 8. The third-order valence-electron chi connectivity index (χ3n) is 2.29. The number of anilines is 1. The number of hydrogen-bond donors (Lipinski definition) is 2. The molecular weight excluding hydrogens is 252 g/mol. The quantitative estimate of drug-likeness (QED) is 0.713. The average molecular weight is 271 g/mol. The van der Waals surface area contributed by atoms with Crippen LogP contribution in [0.15, 0.2) is 24.3 Å². The van der Waals surface area contributed by atoms with Gasteiger partial charge in [0, 0.05) is 30.5 Å². The van der Waals surface area contributed by atoms with Gasteiger partial charge in [0.05, 0.1) is 6.54 Å². The van der Waals surface area contributed by atoms with Crippen LogP contribution in [0.5, 0.6) is 0 Å². The van der Waals surface area contributed by atoms with Crippen molar-refractivity contribution in [2.24, 2.45) is 0 Å². The Balaban J connectivity index is 2.11. The van der Waals surface area contributed by atoms with E-state index in [0.29, 0.717) is 24.8 Å². The minimum atomic E-state index is -0.0264. The largest absolute Gasteiger partial charge is 0.382 e. The Labute approximate surface area is 113 Å². The molecular formula is C13H19ClN2O2. The summed E-state index contributed by atoms with van der Waals surface area (Å²) in [5.41, 5.74) is 0.879. The van der Waals surface area contributed by atoms with Crippen molar-refractivity contribution in [2.75, 3.05) is 31.6 Å². The van der Waals surface area contributed by atoms with Gasteiger partial charge in [-0.15, -0.1) is 0 Å². The van der Waals surface area contributed by atoms with E-state index >= 15 is 0 Å². The molecule has 1 aromatic carbocycles. The van der Waals surface area contributed by atoms with Crippen molar-refractivity contribution in [3.8, 4) is 0 Å². The van der Waals surface area contributed by atoms with Gasteiger partial charge in [-0.2, -0.15) is 0 Å². The van der Waals surface area contributed by atoms with E-state index in [4.69, 9.17) is 16.3 Å². The maximum atomic E-state index is 11.5. The zero-order valence-corrected chi connectivity index (χ0v) is 11.3. The van der Waals surface area contributed by atoms with Crippen molar-refractivity contribution in [2.45, 2.75) is 13.3 Å². The molecule has 0 aliphatic heterocycles. The summed E-state index contributed by atoms with van der Waals surface area (Å²) in [5, 5.41) is 6.52. The smallest absolute Gasteiger partial charge is 0.239 e. The highest BCUT2D eigenvalue weighted by Crippen LogP contribution is 2.12. The summed E-state index contributed by atoms with van der Waals surface area (Å²) in [6, 6.07) is 7.24. The molecule has 0 saturated carbocycles. The van der Waals surface area contributed by atoms with Crippen molar-refractivity contribution >= 4 is 23.2 Å². The lowest BCUT2D eigenvalue weighted by Gasteiger charge is -2.07. The summed E-state index contributed by atoms with van der Waals surface area (Å²) in [6.45, 7) is 4.25. The Morgan fingerprint density at radius 1 is 1.33 bits per heavy atom. The number of amides is 1. The van der Waals surface area contributed by atoms with Gasteiger partial charge < -0.3 is 15.4 Å². The SMILES string of the molecule is CCOCCCNC(=O)CNc1ccc(Cl)cc1. The minimum Gasteiger partial charge on any atom is -0.382 e. The maximum Gasteiger partial charge on any atom is 0.239 e. The first kappa shape index (κ1) is 14.8. The molecule has 0 aliphatic rings. The van der Waals surface area contributed by atoms with Gasteiger partial charge in [0.15, 0.2) is 0 Å². The third-order valence-corrected chi connectivity index (χ3v) is 2.54. The van der Waals surface area contributed by atoms with Crippen molar-refractivity contribution in [1.82, 2.24) is 5.32 Å². The Bertz CT molecular complexity index is 355. The molecule has 18 heavy (non-hydrogen) atoms. The van der Waals surface area contributed by atoms with Crippen LogP contribution in [0.4, 0.5) is 5.69 Å². The molecule has 2 N–H and O–H groups in total. The molecule has 0 saturated heterocycles. The molecule has 4 nitrogen and oxygen atoms in total. The van der Waals surface area contributed by atoms with E-state index < -0.39 is 0 Å². The van der Waals surface area contributed by atoms with E-state index in [-0.39, 0.29) is 12.5 Å². The molecule has 0 radical (unpaired) electrons. The zero-order chi connectivity index (χ0) is 13.2. The van der Waals surface area contributed by atoms with E-state index in [0.717, 1.165) is 12.1 Å². The van der Waals surface area contributed by atoms with Crippen molar-refractivity contribution < 1.29 is 9.53 Å². The van der Waals surface area contributed by atoms with E-state index in [9.17, 15) is 4.79 Å². The lowest BCUT2D eigenvalue weighted by atomic mass is 10.3. The normalized spacial score (nSPS) is 10.1. The summed E-state index contributed by atoms with van der Waals surface area (Å²) >= 11 is 5.77. The molecule has 0 aliphatic carbocycles. The van der Waals surface area contributed by atoms with Crippen LogP contribution in [0.25, 0.3) is 0 Å². The van der Waals surface area contributed by atoms with Gasteiger partial charge in [0.1, 0.15) is 0 Å². The highest BCUT2D eigenvalue weighted by atomic mass is 35.5.